The Bertz CT molecular complexity index is 1630. The Morgan fingerprint density at radius 2 is 0.667 bits per heavy atom. The number of methoxy groups -OCH3 is 1. The molecule has 0 bridgehead atoms. The van der Waals surface area contributed by atoms with E-state index in [1.165, 1.54) is 0 Å². The maximum Gasteiger partial charge on any atom is 0.206 e. The van der Waals surface area contributed by atoms with Gasteiger partial charge >= 0.3 is 0 Å². The largest absolute Gasteiger partial charge is 0.497 e. The maximum atomic E-state index is 12.9. The lowest BCUT2D eigenvalue weighted by molar-refractivity contribution is 0.413. The van der Waals surface area contributed by atoms with Crippen molar-refractivity contribution in [3.63, 3.8) is 0 Å². The molecular weight excluding hydrogens is 512 g/mol. The molecule has 0 fully saturated rings. The van der Waals surface area contributed by atoms with E-state index in [0.717, 1.165) is 11.3 Å². The summed E-state index contributed by atoms with van der Waals surface area (Å²) in [6.45, 7) is 1.92. The maximum absolute atomic E-state index is 12.9. The second-order valence-electron chi connectivity index (χ2n) is 8.71. The molecule has 7 heteroatoms. The van der Waals surface area contributed by atoms with Crippen LogP contribution in [0, 0.1) is 6.92 Å². The highest BCUT2D eigenvalue weighted by Crippen LogP contribution is 2.30. The summed E-state index contributed by atoms with van der Waals surface area (Å²) in [5.41, 5.74) is 1.00. The Kier molecular flexibility index (Phi) is 7.52. The molecule has 0 N–H and O–H groups in total. The Balaban J connectivity index is 1.18. The number of rotatable bonds is 9. The third-order valence-electron chi connectivity index (χ3n) is 5.88. The van der Waals surface area contributed by atoms with Crippen LogP contribution < -0.4 is 18.9 Å². The van der Waals surface area contributed by atoms with Gasteiger partial charge in [0.2, 0.25) is 9.84 Å². The molecule has 5 rings (SSSR count). The molecule has 0 aliphatic rings. The summed E-state index contributed by atoms with van der Waals surface area (Å²) in [6.07, 6.45) is 0. The predicted octanol–water partition coefficient (Wildman–Crippen LogP) is 8.21. The van der Waals surface area contributed by atoms with Gasteiger partial charge < -0.3 is 18.9 Å². The zero-order chi connectivity index (χ0) is 27.2. The van der Waals surface area contributed by atoms with Crippen LogP contribution in [0.25, 0.3) is 0 Å². The van der Waals surface area contributed by atoms with Gasteiger partial charge in [-0.15, -0.1) is 0 Å². The summed E-state index contributed by atoms with van der Waals surface area (Å²) >= 11 is 0. The first-order valence-electron chi connectivity index (χ1n) is 12.2. The third-order valence-corrected chi connectivity index (χ3v) is 7.66. The Hall–Kier alpha value is -4.75. The fourth-order valence-corrected chi connectivity index (χ4v) is 5.00. The van der Waals surface area contributed by atoms with Crippen molar-refractivity contribution in [2.75, 3.05) is 7.11 Å². The minimum absolute atomic E-state index is 0.211. The van der Waals surface area contributed by atoms with Crippen LogP contribution in [-0.4, -0.2) is 15.5 Å². The van der Waals surface area contributed by atoms with E-state index in [1.807, 2.05) is 55.5 Å². The van der Waals surface area contributed by atoms with E-state index in [9.17, 15) is 8.42 Å². The topological polar surface area (TPSA) is 71.1 Å². The molecule has 0 saturated heterocycles. The molecule has 0 heterocycles. The van der Waals surface area contributed by atoms with Gasteiger partial charge in [-0.1, -0.05) is 17.7 Å². The van der Waals surface area contributed by atoms with Gasteiger partial charge in [-0.05, 0) is 116 Å². The molecule has 6 nitrogen and oxygen atoms in total. The van der Waals surface area contributed by atoms with Crippen molar-refractivity contribution in [3.8, 4) is 40.2 Å². The molecular formula is C32H26O6S. The second kappa shape index (κ2) is 11.3. The average Bonchev–Trinajstić information content (AvgIpc) is 2.96. The molecule has 5 aromatic rings. The molecule has 0 spiro atoms. The summed E-state index contributed by atoms with van der Waals surface area (Å²) in [6, 6.07) is 35.0. The van der Waals surface area contributed by atoms with Gasteiger partial charge in [0.05, 0.1) is 16.9 Å². The SMILES string of the molecule is COc1ccc(Oc2ccc(Oc3ccc(Oc4ccc(S(=O)(=O)c5ccc(C)cc5)cc4)cc3)cc2)cc1. The quantitative estimate of drug-likeness (QED) is 0.188. The number of hydrogen-bond donors (Lipinski definition) is 0. The van der Waals surface area contributed by atoms with Crippen molar-refractivity contribution in [3.05, 3.63) is 127 Å². The van der Waals surface area contributed by atoms with Crippen LogP contribution in [0.15, 0.2) is 131 Å². The van der Waals surface area contributed by atoms with Crippen LogP contribution in [0.3, 0.4) is 0 Å². The van der Waals surface area contributed by atoms with Crippen molar-refractivity contribution < 1.29 is 27.4 Å². The molecule has 0 radical (unpaired) electrons. The lowest BCUT2D eigenvalue weighted by Crippen LogP contribution is -2.01. The van der Waals surface area contributed by atoms with Gasteiger partial charge in [0.1, 0.15) is 40.2 Å². The van der Waals surface area contributed by atoms with E-state index in [2.05, 4.69) is 0 Å². The van der Waals surface area contributed by atoms with Gasteiger partial charge in [-0.3, -0.25) is 0 Å². The molecule has 0 unspecified atom stereocenters. The number of ether oxygens (including phenoxy) is 4. The van der Waals surface area contributed by atoms with E-state index in [0.29, 0.717) is 34.5 Å². The zero-order valence-corrected chi connectivity index (χ0v) is 22.2. The van der Waals surface area contributed by atoms with Crippen LogP contribution >= 0.6 is 0 Å². The summed E-state index contributed by atoms with van der Waals surface area (Å²) < 4.78 is 48.5. The normalized spacial score (nSPS) is 11.0. The molecule has 0 amide bonds. The highest BCUT2D eigenvalue weighted by atomic mass is 32.2. The smallest absolute Gasteiger partial charge is 0.206 e. The van der Waals surface area contributed by atoms with Gasteiger partial charge in [-0.2, -0.15) is 0 Å². The summed E-state index contributed by atoms with van der Waals surface area (Å²) in [5, 5.41) is 0. The monoisotopic (exact) mass is 538 g/mol. The number of benzene rings is 5. The molecule has 0 atom stereocenters. The van der Waals surface area contributed by atoms with Crippen LogP contribution in [0.1, 0.15) is 5.56 Å². The predicted molar refractivity (Wildman–Crippen MR) is 149 cm³/mol. The van der Waals surface area contributed by atoms with Crippen molar-refractivity contribution in [2.45, 2.75) is 16.7 Å². The van der Waals surface area contributed by atoms with E-state index in [4.69, 9.17) is 18.9 Å². The molecule has 0 aliphatic heterocycles. The number of aryl methyl sites for hydroxylation is 1. The zero-order valence-electron chi connectivity index (χ0n) is 21.4. The lowest BCUT2D eigenvalue weighted by atomic mass is 10.2. The first kappa shape index (κ1) is 25.9. The van der Waals surface area contributed by atoms with E-state index in [-0.39, 0.29) is 9.79 Å². The highest BCUT2D eigenvalue weighted by Gasteiger charge is 2.17. The Labute approximate surface area is 227 Å². The van der Waals surface area contributed by atoms with Crippen molar-refractivity contribution in [1.82, 2.24) is 0 Å². The van der Waals surface area contributed by atoms with Crippen LogP contribution in [0.5, 0.6) is 40.2 Å². The van der Waals surface area contributed by atoms with Crippen LogP contribution in [-0.2, 0) is 9.84 Å². The highest BCUT2D eigenvalue weighted by molar-refractivity contribution is 7.91. The number of sulfone groups is 1. The molecule has 0 aliphatic carbocycles. The summed E-state index contributed by atoms with van der Waals surface area (Å²) in [7, 11) is -1.96. The minimum Gasteiger partial charge on any atom is -0.497 e. The van der Waals surface area contributed by atoms with Crippen LogP contribution in [0.2, 0.25) is 0 Å². The first-order valence-corrected chi connectivity index (χ1v) is 13.7. The number of hydrogen-bond acceptors (Lipinski definition) is 6. The van der Waals surface area contributed by atoms with Gasteiger partial charge in [-0.25, -0.2) is 8.42 Å². The fourth-order valence-electron chi connectivity index (χ4n) is 3.74. The van der Waals surface area contributed by atoms with Gasteiger partial charge in [0.25, 0.3) is 0 Å². The van der Waals surface area contributed by atoms with E-state index in [1.54, 1.807) is 79.9 Å². The van der Waals surface area contributed by atoms with Gasteiger partial charge in [0, 0.05) is 0 Å². The van der Waals surface area contributed by atoms with Gasteiger partial charge in [0.15, 0.2) is 0 Å². The van der Waals surface area contributed by atoms with Crippen molar-refractivity contribution in [1.29, 1.82) is 0 Å². The second-order valence-corrected chi connectivity index (χ2v) is 10.7. The molecule has 196 valence electrons. The van der Waals surface area contributed by atoms with E-state index >= 15 is 0 Å². The Morgan fingerprint density at radius 3 is 0.974 bits per heavy atom. The first-order chi connectivity index (χ1) is 18.9. The van der Waals surface area contributed by atoms with E-state index < -0.39 is 9.84 Å². The van der Waals surface area contributed by atoms with Crippen molar-refractivity contribution >= 4 is 9.84 Å². The van der Waals surface area contributed by atoms with Crippen molar-refractivity contribution in [2.24, 2.45) is 0 Å². The summed E-state index contributed by atoms with van der Waals surface area (Å²) in [4.78, 5) is 0.472. The third kappa shape index (κ3) is 6.40. The molecule has 5 aromatic carbocycles. The Morgan fingerprint density at radius 1 is 0.410 bits per heavy atom. The fraction of sp³-hybridized carbons (Fsp3) is 0.0625. The molecule has 0 aromatic heterocycles. The summed E-state index contributed by atoms with van der Waals surface area (Å²) in [5.74, 6) is 4.60. The van der Waals surface area contributed by atoms with Crippen LogP contribution in [0.4, 0.5) is 0 Å². The molecule has 0 saturated carbocycles. The molecule has 39 heavy (non-hydrogen) atoms. The lowest BCUT2D eigenvalue weighted by Gasteiger charge is -2.10. The average molecular weight is 539 g/mol. The standard InChI is InChI=1S/C32H26O6S/c1-23-3-19-31(20-4-23)39(33,34)32-21-17-30(18-22-32)38-29-15-13-28(14-16-29)37-27-11-9-26(10-12-27)36-25-7-5-24(35-2)6-8-25/h3-22H,1-2H3. The minimum atomic E-state index is -3.59.